The number of phosphoric acid groups is 2. The molecule has 0 radical (unpaired) electrons. The van der Waals surface area contributed by atoms with Gasteiger partial charge in [-0.15, -0.1) is 0 Å². The molecule has 9 nitrogen and oxygen atoms in total. The standard InChI is InChI=1S/C4H11O9P3/c1-3-10-15(6,7)12-14(5)13-16(8,9)11-4-2/h3-4H2,1-2H3,(H-,6,7,8,9)/p+1. The summed E-state index contributed by atoms with van der Waals surface area (Å²) < 4.78 is 48.9. The van der Waals surface area contributed by atoms with Gasteiger partial charge in [-0.1, -0.05) is 0 Å². The SMILES string of the molecule is CCOP(=O)(O)O[P+](=O)OP(=O)(O)OCC. The van der Waals surface area contributed by atoms with Gasteiger partial charge in [0.25, 0.3) is 0 Å². The number of phosphoric ester groups is 2. The van der Waals surface area contributed by atoms with Crippen LogP contribution in [0.4, 0.5) is 0 Å². The Balaban J connectivity index is 4.29. The summed E-state index contributed by atoms with van der Waals surface area (Å²) in [5.41, 5.74) is 0. The first-order chi connectivity index (χ1) is 7.22. The zero-order chi connectivity index (χ0) is 12.8. The maximum Gasteiger partial charge on any atom is 0.719 e. The summed E-state index contributed by atoms with van der Waals surface area (Å²) in [7, 11) is -12.4. The largest absolute Gasteiger partial charge is 0.719 e. The van der Waals surface area contributed by atoms with Crippen molar-refractivity contribution in [3.8, 4) is 0 Å². The van der Waals surface area contributed by atoms with E-state index in [9.17, 15) is 13.7 Å². The van der Waals surface area contributed by atoms with Crippen molar-refractivity contribution in [3.63, 3.8) is 0 Å². The fourth-order valence-electron chi connectivity index (χ4n) is 0.557. The van der Waals surface area contributed by atoms with E-state index >= 15 is 0 Å². The average molecular weight is 297 g/mol. The summed E-state index contributed by atoms with van der Waals surface area (Å²) in [5.74, 6) is 0. The van der Waals surface area contributed by atoms with Gasteiger partial charge in [0.05, 0.1) is 13.2 Å². The highest BCUT2D eigenvalue weighted by Crippen LogP contribution is 2.59. The molecule has 0 aromatic rings. The molecular weight excluding hydrogens is 285 g/mol. The predicted octanol–water partition coefficient (Wildman–Crippen LogP) is 1.95. The van der Waals surface area contributed by atoms with E-state index in [0.29, 0.717) is 0 Å². The smallest absolute Gasteiger partial charge is 0.300 e. The molecule has 0 saturated carbocycles. The Morgan fingerprint density at radius 2 is 1.31 bits per heavy atom. The minimum atomic E-state index is -4.55. The van der Waals surface area contributed by atoms with Crippen LogP contribution in [0.15, 0.2) is 0 Å². The highest BCUT2D eigenvalue weighted by atomic mass is 31.3. The third-order valence-corrected chi connectivity index (χ3v) is 4.81. The Bertz CT molecular complexity index is 297. The van der Waals surface area contributed by atoms with Crippen LogP contribution in [0, 0.1) is 0 Å². The minimum absolute atomic E-state index is 0.167. The monoisotopic (exact) mass is 297 g/mol. The van der Waals surface area contributed by atoms with Crippen LogP contribution < -0.4 is 0 Å². The van der Waals surface area contributed by atoms with Crippen molar-refractivity contribution in [3.05, 3.63) is 0 Å². The molecule has 0 amide bonds. The van der Waals surface area contributed by atoms with Gasteiger partial charge in [-0.25, -0.2) is 9.13 Å². The second-order valence-corrected chi connectivity index (χ2v) is 6.30. The van der Waals surface area contributed by atoms with Crippen LogP contribution in [-0.4, -0.2) is 23.0 Å². The topological polar surface area (TPSA) is 129 Å². The van der Waals surface area contributed by atoms with Gasteiger partial charge in [-0.05, 0) is 22.5 Å². The molecule has 0 spiro atoms. The molecule has 0 aromatic heterocycles. The highest BCUT2D eigenvalue weighted by Gasteiger charge is 2.44. The Morgan fingerprint density at radius 1 is 1.00 bits per heavy atom. The lowest BCUT2D eigenvalue weighted by Gasteiger charge is -2.03. The van der Waals surface area contributed by atoms with Crippen molar-refractivity contribution in [2.75, 3.05) is 13.2 Å². The molecule has 0 rings (SSSR count). The van der Waals surface area contributed by atoms with Crippen LogP contribution in [0.1, 0.15) is 13.8 Å². The van der Waals surface area contributed by atoms with Crippen LogP contribution >= 0.6 is 23.9 Å². The van der Waals surface area contributed by atoms with Crippen LogP contribution in [0.2, 0.25) is 0 Å². The second-order valence-electron chi connectivity index (χ2n) is 2.16. The molecular formula is C4H12O9P3+. The molecule has 96 valence electrons. The minimum Gasteiger partial charge on any atom is -0.300 e. The third-order valence-electron chi connectivity index (χ3n) is 0.924. The Morgan fingerprint density at radius 3 is 1.56 bits per heavy atom. The molecule has 0 aliphatic carbocycles. The van der Waals surface area contributed by atoms with E-state index in [2.05, 4.69) is 17.7 Å². The van der Waals surface area contributed by atoms with E-state index in [1.807, 2.05) is 0 Å². The second kappa shape index (κ2) is 6.91. The average Bonchev–Trinajstić information content (AvgIpc) is 1.99. The molecule has 2 N–H and O–H groups in total. The quantitative estimate of drug-likeness (QED) is 0.645. The highest BCUT2D eigenvalue weighted by molar-refractivity contribution is 7.61. The van der Waals surface area contributed by atoms with Gasteiger partial charge in [0.2, 0.25) is 0 Å². The molecule has 0 aliphatic heterocycles. The molecule has 0 aromatic carbocycles. The van der Waals surface area contributed by atoms with Gasteiger partial charge in [-0.2, -0.15) is 0 Å². The number of hydrogen-bond donors (Lipinski definition) is 2. The fraction of sp³-hybridized carbons (Fsp3) is 1.00. The van der Waals surface area contributed by atoms with Gasteiger partial charge in [-0.3, -0.25) is 18.8 Å². The van der Waals surface area contributed by atoms with Gasteiger partial charge >= 0.3 is 23.9 Å². The van der Waals surface area contributed by atoms with Crippen molar-refractivity contribution in [1.82, 2.24) is 0 Å². The van der Waals surface area contributed by atoms with Gasteiger partial charge < -0.3 is 0 Å². The van der Waals surface area contributed by atoms with Crippen LogP contribution in [0.3, 0.4) is 0 Å². The molecule has 0 saturated heterocycles. The van der Waals surface area contributed by atoms with E-state index in [-0.39, 0.29) is 13.2 Å². The summed E-state index contributed by atoms with van der Waals surface area (Å²) >= 11 is 0. The first-order valence-electron chi connectivity index (χ1n) is 4.03. The third kappa shape index (κ3) is 7.57. The van der Waals surface area contributed by atoms with Crippen LogP contribution in [-0.2, 0) is 31.4 Å². The van der Waals surface area contributed by atoms with Crippen molar-refractivity contribution in [2.45, 2.75) is 13.8 Å². The summed E-state index contributed by atoms with van der Waals surface area (Å²) in [5, 5.41) is 0. The van der Waals surface area contributed by atoms with E-state index in [1.54, 1.807) is 0 Å². The van der Waals surface area contributed by atoms with Gasteiger partial charge in [0, 0.05) is 4.57 Å². The molecule has 12 heteroatoms. The molecule has 2 unspecified atom stereocenters. The molecule has 0 heterocycles. The van der Waals surface area contributed by atoms with E-state index in [0.717, 1.165) is 0 Å². The van der Waals surface area contributed by atoms with Crippen molar-refractivity contribution in [1.29, 1.82) is 0 Å². The van der Waals surface area contributed by atoms with Crippen molar-refractivity contribution >= 4 is 23.9 Å². The number of rotatable bonds is 8. The van der Waals surface area contributed by atoms with Crippen LogP contribution in [0.25, 0.3) is 0 Å². The fourth-order valence-corrected chi connectivity index (χ4v) is 3.32. The lowest BCUT2D eigenvalue weighted by atomic mass is 10.9. The molecule has 16 heavy (non-hydrogen) atoms. The maximum absolute atomic E-state index is 10.9. The molecule has 0 fully saturated rings. The zero-order valence-electron chi connectivity index (χ0n) is 8.51. The Kier molecular flexibility index (Phi) is 7.05. The van der Waals surface area contributed by atoms with E-state index in [4.69, 9.17) is 9.79 Å². The normalized spacial score (nSPS) is 19.9. The summed E-state index contributed by atoms with van der Waals surface area (Å²) in [6.07, 6.45) is 0. The summed E-state index contributed by atoms with van der Waals surface area (Å²) in [6, 6.07) is 0. The van der Waals surface area contributed by atoms with Crippen molar-refractivity contribution < 1.29 is 41.2 Å². The number of hydrogen-bond acceptors (Lipinski definition) is 7. The van der Waals surface area contributed by atoms with E-state index in [1.165, 1.54) is 13.8 Å². The predicted molar refractivity (Wildman–Crippen MR) is 52.7 cm³/mol. The lowest BCUT2D eigenvalue weighted by molar-refractivity contribution is 0.192. The maximum atomic E-state index is 10.9. The summed E-state index contributed by atoms with van der Waals surface area (Å²) in [4.78, 5) is 17.7. The van der Waals surface area contributed by atoms with Crippen molar-refractivity contribution in [2.24, 2.45) is 0 Å². The first-order valence-corrected chi connectivity index (χ1v) is 8.12. The van der Waals surface area contributed by atoms with Crippen LogP contribution in [0.5, 0.6) is 0 Å². The molecule has 2 atom stereocenters. The molecule has 0 bridgehead atoms. The van der Waals surface area contributed by atoms with Gasteiger partial charge in [0.15, 0.2) is 0 Å². The Labute approximate surface area is 92.9 Å². The zero-order valence-corrected chi connectivity index (χ0v) is 11.2. The summed E-state index contributed by atoms with van der Waals surface area (Å²) in [6.45, 7) is 2.47. The molecule has 0 aliphatic rings. The Hall–Kier alpha value is 0.320. The van der Waals surface area contributed by atoms with Gasteiger partial charge in [0.1, 0.15) is 0 Å². The first kappa shape index (κ1) is 16.3. The lowest BCUT2D eigenvalue weighted by Crippen LogP contribution is -1.92. The van der Waals surface area contributed by atoms with E-state index < -0.39 is 23.9 Å².